The number of imidazole rings is 1. The molecule has 0 aliphatic carbocycles. The Bertz CT molecular complexity index is 852. The molecule has 1 aromatic heterocycles. The van der Waals surface area contributed by atoms with E-state index in [0.29, 0.717) is 31.7 Å². The molecule has 0 atom stereocenters. The normalized spacial score (nSPS) is 10.8. The maximum atomic E-state index is 13.4. The van der Waals surface area contributed by atoms with Gasteiger partial charge in [0.15, 0.2) is 0 Å². The number of aryl methyl sites for hydroxylation is 1. The summed E-state index contributed by atoms with van der Waals surface area (Å²) in [5.74, 6) is 0.449. The molecule has 4 nitrogen and oxygen atoms in total. The van der Waals surface area contributed by atoms with Crippen molar-refractivity contribution in [3.8, 4) is 6.07 Å². The van der Waals surface area contributed by atoms with Crippen LogP contribution in [0.2, 0.25) is 0 Å². The highest BCUT2D eigenvalue weighted by Gasteiger charge is 2.11. The molecule has 0 aliphatic rings. The number of aromatic nitrogens is 2. The van der Waals surface area contributed by atoms with Crippen LogP contribution < -0.4 is 0 Å². The zero-order valence-electron chi connectivity index (χ0n) is 13.3. The summed E-state index contributed by atoms with van der Waals surface area (Å²) < 4.78 is 21.2. The van der Waals surface area contributed by atoms with Crippen LogP contribution in [0.3, 0.4) is 0 Å². The molecule has 2 aromatic carbocycles. The van der Waals surface area contributed by atoms with Crippen LogP contribution in [0.15, 0.2) is 48.5 Å². The molecule has 0 aliphatic heterocycles. The number of benzene rings is 2. The van der Waals surface area contributed by atoms with Crippen LogP contribution in [0.1, 0.15) is 24.2 Å². The van der Waals surface area contributed by atoms with Gasteiger partial charge in [0.2, 0.25) is 0 Å². The molecule has 1 heterocycles. The van der Waals surface area contributed by atoms with Crippen LogP contribution in [0.4, 0.5) is 4.39 Å². The fourth-order valence-electron chi connectivity index (χ4n) is 2.66. The Morgan fingerprint density at radius 2 is 1.96 bits per heavy atom. The van der Waals surface area contributed by atoms with Gasteiger partial charge < -0.3 is 9.30 Å². The lowest BCUT2D eigenvalue weighted by atomic mass is 10.2. The van der Waals surface area contributed by atoms with Crippen molar-refractivity contribution in [3.05, 3.63) is 65.7 Å². The van der Waals surface area contributed by atoms with Crippen LogP contribution in [0.25, 0.3) is 11.0 Å². The van der Waals surface area contributed by atoms with Gasteiger partial charge in [0.25, 0.3) is 0 Å². The van der Waals surface area contributed by atoms with Crippen LogP contribution in [-0.4, -0.2) is 9.55 Å². The van der Waals surface area contributed by atoms with Gasteiger partial charge in [-0.25, -0.2) is 9.37 Å². The predicted octanol–water partition coefficient (Wildman–Crippen LogP) is 4.20. The van der Waals surface area contributed by atoms with Crippen molar-refractivity contribution in [2.45, 2.75) is 32.6 Å². The first-order valence-corrected chi connectivity index (χ1v) is 7.91. The number of ether oxygens (including phenoxy) is 1. The first-order valence-electron chi connectivity index (χ1n) is 7.91. The Kier molecular flexibility index (Phi) is 5.19. The second-order valence-electron chi connectivity index (χ2n) is 5.55. The molecule has 0 fully saturated rings. The summed E-state index contributed by atoms with van der Waals surface area (Å²) in [5, 5.41) is 8.73. The second kappa shape index (κ2) is 7.71. The molecule has 3 aromatic rings. The predicted molar refractivity (Wildman–Crippen MR) is 89.5 cm³/mol. The average molecular weight is 323 g/mol. The minimum absolute atomic E-state index is 0.305. The van der Waals surface area contributed by atoms with E-state index in [4.69, 9.17) is 10.00 Å². The van der Waals surface area contributed by atoms with Gasteiger partial charge in [0.1, 0.15) is 18.2 Å². The second-order valence-corrected chi connectivity index (χ2v) is 5.55. The Morgan fingerprint density at radius 1 is 1.12 bits per heavy atom. The number of unbranched alkanes of at least 4 members (excludes halogenated alkanes) is 1. The zero-order chi connectivity index (χ0) is 16.8. The molecule has 0 bridgehead atoms. The molecule has 3 rings (SSSR count). The molecule has 0 saturated carbocycles. The number of nitriles is 1. The molecule has 5 heteroatoms. The highest BCUT2D eigenvalue weighted by atomic mass is 19.1. The highest BCUT2D eigenvalue weighted by Crippen LogP contribution is 2.19. The summed E-state index contributed by atoms with van der Waals surface area (Å²) in [4.78, 5) is 4.50. The Balaban J connectivity index is 1.77. The van der Waals surface area contributed by atoms with E-state index in [1.54, 1.807) is 6.07 Å². The molecule has 24 heavy (non-hydrogen) atoms. The molecule has 0 unspecified atom stereocenters. The van der Waals surface area contributed by atoms with Crippen molar-refractivity contribution in [2.75, 3.05) is 0 Å². The smallest absolute Gasteiger partial charge is 0.136 e. The monoisotopic (exact) mass is 323 g/mol. The van der Waals surface area contributed by atoms with E-state index in [2.05, 4.69) is 11.1 Å². The molecule has 0 amide bonds. The van der Waals surface area contributed by atoms with Gasteiger partial charge in [-0.1, -0.05) is 30.3 Å². The van der Waals surface area contributed by atoms with Crippen LogP contribution in [0.5, 0.6) is 0 Å². The fourth-order valence-corrected chi connectivity index (χ4v) is 2.66. The van der Waals surface area contributed by atoms with Gasteiger partial charge >= 0.3 is 0 Å². The van der Waals surface area contributed by atoms with Gasteiger partial charge in [-0.2, -0.15) is 5.26 Å². The Morgan fingerprint density at radius 3 is 2.75 bits per heavy atom. The number of nitrogens with zero attached hydrogens (tertiary/aromatic N) is 3. The fraction of sp³-hybridized carbons (Fsp3) is 0.263. The van der Waals surface area contributed by atoms with Crippen LogP contribution >= 0.6 is 0 Å². The molecular weight excluding hydrogens is 305 g/mol. The maximum absolute atomic E-state index is 13.4. The van der Waals surface area contributed by atoms with Gasteiger partial charge in [-0.15, -0.1) is 0 Å². The van der Waals surface area contributed by atoms with Crippen LogP contribution in [0, 0.1) is 17.1 Å². The van der Waals surface area contributed by atoms with Crippen molar-refractivity contribution >= 4 is 11.0 Å². The Labute approximate surface area is 140 Å². The van der Waals surface area contributed by atoms with Crippen molar-refractivity contribution in [2.24, 2.45) is 0 Å². The molecule has 0 saturated heterocycles. The van der Waals surface area contributed by atoms with Gasteiger partial charge in [0, 0.05) is 19.0 Å². The summed E-state index contributed by atoms with van der Waals surface area (Å²) in [5.41, 5.74) is 2.58. The summed E-state index contributed by atoms with van der Waals surface area (Å²) >= 11 is 0. The van der Waals surface area contributed by atoms with E-state index in [1.807, 2.05) is 34.9 Å². The average Bonchev–Trinajstić information content (AvgIpc) is 2.93. The van der Waals surface area contributed by atoms with E-state index in [1.165, 1.54) is 12.1 Å². The highest BCUT2D eigenvalue weighted by molar-refractivity contribution is 5.76. The van der Waals surface area contributed by atoms with Crippen molar-refractivity contribution in [1.29, 1.82) is 5.26 Å². The standard InChI is InChI=1S/C19H18FN3O/c20-16-8-9-18-17(12-16)22-19(23(18)11-5-4-10-21)14-24-13-15-6-2-1-3-7-15/h1-3,6-9,12H,4-5,11,13-14H2. The van der Waals surface area contributed by atoms with Gasteiger partial charge in [-0.05, 0) is 24.1 Å². The van der Waals surface area contributed by atoms with Crippen molar-refractivity contribution in [1.82, 2.24) is 9.55 Å². The molecule has 0 N–H and O–H groups in total. The number of halogens is 1. The maximum Gasteiger partial charge on any atom is 0.136 e. The van der Waals surface area contributed by atoms with E-state index in [9.17, 15) is 4.39 Å². The topological polar surface area (TPSA) is 50.8 Å². The third kappa shape index (κ3) is 3.79. The SMILES string of the molecule is N#CCCCn1c(COCc2ccccc2)nc2cc(F)ccc21. The van der Waals surface area contributed by atoms with Gasteiger partial charge in [0.05, 0.1) is 23.7 Å². The van der Waals surface area contributed by atoms with E-state index in [0.717, 1.165) is 23.3 Å². The summed E-state index contributed by atoms with van der Waals surface area (Å²) in [6.45, 7) is 1.51. The number of hydrogen-bond acceptors (Lipinski definition) is 3. The van der Waals surface area contributed by atoms with E-state index < -0.39 is 0 Å². The molecule has 0 spiro atoms. The first kappa shape index (κ1) is 16.2. The number of fused-ring (bicyclic) bond motifs is 1. The number of rotatable bonds is 7. The van der Waals surface area contributed by atoms with Crippen molar-refractivity contribution < 1.29 is 9.13 Å². The third-order valence-electron chi connectivity index (χ3n) is 3.80. The Hall–Kier alpha value is -2.71. The molecule has 0 radical (unpaired) electrons. The number of hydrogen-bond donors (Lipinski definition) is 0. The summed E-state index contributed by atoms with van der Waals surface area (Å²) in [6.07, 6.45) is 1.20. The van der Waals surface area contributed by atoms with E-state index in [-0.39, 0.29) is 5.82 Å². The summed E-state index contributed by atoms with van der Waals surface area (Å²) in [6, 6.07) is 16.6. The summed E-state index contributed by atoms with van der Waals surface area (Å²) in [7, 11) is 0. The minimum Gasteiger partial charge on any atom is -0.369 e. The first-order chi connectivity index (χ1) is 11.8. The third-order valence-corrected chi connectivity index (χ3v) is 3.80. The minimum atomic E-state index is -0.305. The van der Waals surface area contributed by atoms with Gasteiger partial charge in [-0.3, -0.25) is 0 Å². The molecule has 122 valence electrons. The quantitative estimate of drug-likeness (QED) is 0.612. The molecular formula is C19H18FN3O. The van der Waals surface area contributed by atoms with Crippen LogP contribution in [-0.2, 0) is 24.5 Å². The lowest BCUT2D eigenvalue weighted by Gasteiger charge is -2.09. The lowest BCUT2D eigenvalue weighted by molar-refractivity contribution is 0.0995. The van der Waals surface area contributed by atoms with Crippen molar-refractivity contribution in [3.63, 3.8) is 0 Å². The largest absolute Gasteiger partial charge is 0.369 e. The zero-order valence-corrected chi connectivity index (χ0v) is 13.3. The lowest BCUT2D eigenvalue weighted by Crippen LogP contribution is -2.06. The van der Waals surface area contributed by atoms with E-state index >= 15 is 0 Å².